The van der Waals surface area contributed by atoms with Gasteiger partial charge in [0.1, 0.15) is 16.2 Å². The largest absolute Gasteiger partial charge is 0.325 e. The summed E-state index contributed by atoms with van der Waals surface area (Å²) in [6.07, 6.45) is 0.977. The predicted octanol–water partition coefficient (Wildman–Crippen LogP) is 5.66. The van der Waals surface area contributed by atoms with Gasteiger partial charge >= 0.3 is 0 Å². The second-order valence-corrected chi connectivity index (χ2v) is 9.18. The molecule has 0 spiro atoms. The molecule has 7 heteroatoms. The van der Waals surface area contributed by atoms with Crippen molar-refractivity contribution in [1.29, 1.82) is 0 Å². The Labute approximate surface area is 184 Å². The van der Waals surface area contributed by atoms with E-state index in [0.717, 1.165) is 38.6 Å². The number of anilines is 1. The summed E-state index contributed by atoms with van der Waals surface area (Å²) in [5, 5.41) is 13.4. The molecule has 5 nitrogen and oxygen atoms in total. The Morgan fingerprint density at radius 3 is 2.47 bits per heavy atom. The topological polar surface area (TPSA) is 67.8 Å². The first-order valence-electron chi connectivity index (χ1n) is 9.76. The van der Waals surface area contributed by atoms with Crippen LogP contribution in [0.5, 0.6) is 0 Å². The number of nitrogens with one attached hydrogen (secondary N) is 1. The average Bonchev–Trinajstić information content (AvgIpc) is 3.15. The van der Waals surface area contributed by atoms with Crippen molar-refractivity contribution in [1.82, 2.24) is 15.2 Å². The van der Waals surface area contributed by atoms with Crippen LogP contribution in [0.3, 0.4) is 0 Å². The summed E-state index contributed by atoms with van der Waals surface area (Å²) in [6.45, 7) is 6.14. The SMILES string of the molecule is CCc1ccc(NC(=O)CSc2nnc(-c3ccc(C)cc3)c3sc(C)nc23)cc1. The number of benzene rings is 2. The van der Waals surface area contributed by atoms with Gasteiger partial charge in [0.25, 0.3) is 0 Å². The van der Waals surface area contributed by atoms with Crippen molar-refractivity contribution in [3.05, 3.63) is 64.7 Å². The molecule has 2 heterocycles. The van der Waals surface area contributed by atoms with Gasteiger partial charge in [0.15, 0.2) is 0 Å². The third kappa shape index (κ3) is 4.52. The highest BCUT2D eigenvalue weighted by molar-refractivity contribution is 8.00. The van der Waals surface area contributed by atoms with Crippen LogP contribution >= 0.6 is 23.1 Å². The van der Waals surface area contributed by atoms with Gasteiger partial charge in [-0.15, -0.1) is 21.5 Å². The molecular formula is C23H22N4OS2. The molecule has 0 saturated carbocycles. The quantitative estimate of drug-likeness (QED) is 0.396. The van der Waals surface area contributed by atoms with Gasteiger partial charge in [-0.05, 0) is 38.0 Å². The molecule has 2 aromatic carbocycles. The van der Waals surface area contributed by atoms with Crippen molar-refractivity contribution in [3.8, 4) is 11.3 Å². The van der Waals surface area contributed by atoms with Crippen molar-refractivity contribution in [2.24, 2.45) is 0 Å². The minimum Gasteiger partial charge on any atom is -0.325 e. The summed E-state index contributed by atoms with van der Waals surface area (Å²) in [5.41, 5.74) is 5.91. The maximum absolute atomic E-state index is 12.4. The van der Waals surface area contributed by atoms with Crippen molar-refractivity contribution < 1.29 is 4.79 Å². The van der Waals surface area contributed by atoms with Crippen LogP contribution in [-0.2, 0) is 11.2 Å². The van der Waals surface area contributed by atoms with E-state index in [9.17, 15) is 4.79 Å². The average molecular weight is 435 g/mol. The second-order valence-electron chi connectivity index (χ2n) is 7.02. The molecular weight excluding hydrogens is 412 g/mol. The van der Waals surface area contributed by atoms with Crippen molar-refractivity contribution >= 4 is 44.9 Å². The summed E-state index contributed by atoms with van der Waals surface area (Å²) in [5.74, 6) is 0.175. The molecule has 152 valence electrons. The molecule has 0 aliphatic rings. The number of aryl methyl sites for hydroxylation is 3. The Morgan fingerprint density at radius 1 is 1.03 bits per heavy atom. The molecule has 30 heavy (non-hydrogen) atoms. The molecule has 0 bridgehead atoms. The molecule has 0 atom stereocenters. The molecule has 0 unspecified atom stereocenters. The van der Waals surface area contributed by atoms with Gasteiger partial charge < -0.3 is 5.32 Å². The van der Waals surface area contributed by atoms with Gasteiger partial charge in [-0.3, -0.25) is 4.79 Å². The van der Waals surface area contributed by atoms with Crippen LogP contribution in [0.15, 0.2) is 53.6 Å². The molecule has 0 fully saturated rings. The Balaban J connectivity index is 1.52. The highest BCUT2D eigenvalue weighted by atomic mass is 32.2. The third-order valence-corrected chi connectivity index (χ3v) is 6.64. The van der Waals surface area contributed by atoms with E-state index in [1.807, 2.05) is 31.2 Å². The zero-order valence-electron chi connectivity index (χ0n) is 17.1. The standard InChI is InChI=1S/C23H22N4OS2/c1-4-16-7-11-18(12-8-16)25-19(28)13-29-23-21-22(30-15(3)24-21)20(26-27-23)17-9-5-14(2)6-10-17/h5-12H,4,13H2,1-3H3,(H,25,28). The van der Waals surface area contributed by atoms with Gasteiger partial charge in [-0.25, -0.2) is 4.98 Å². The lowest BCUT2D eigenvalue weighted by molar-refractivity contribution is -0.113. The number of thiazole rings is 1. The number of hydrogen-bond donors (Lipinski definition) is 1. The van der Waals surface area contributed by atoms with Gasteiger partial charge in [0.2, 0.25) is 5.91 Å². The van der Waals surface area contributed by atoms with Crippen LogP contribution in [0.4, 0.5) is 5.69 Å². The minimum absolute atomic E-state index is 0.0752. The second kappa shape index (κ2) is 8.93. The first-order valence-corrected chi connectivity index (χ1v) is 11.6. The Kier molecular flexibility index (Phi) is 6.11. The number of rotatable bonds is 6. The van der Waals surface area contributed by atoms with Gasteiger partial charge in [-0.2, -0.15) is 0 Å². The maximum atomic E-state index is 12.4. The van der Waals surface area contributed by atoms with E-state index in [1.165, 1.54) is 22.9 Å². The van der Waals surface area contributed by atoms with Crippen LogP contribution < -0.4 is 5.32 Å². The van der Waals surface area contributed by atoms with E-state index in [4.69, 9.17) is 0 Å². The number of carbonyl (C=O) groups is 1. The number of thioether (sulfide) groups is 1. The van der Waals surface area contributed by atoms with Gasteiger partial charge in [0, 0.05) is 11.3 Å². The molecule has 4 rings (SSSR count). The molecule has 0 aliphatic carbocycles. The van der Waals surface area contributed by atoms with Crippen LogP contribution in [0.2, 0.25) is 0 Å². The fourth-order valence-electron chi connectivity index (χ4n) is 3.07. The minimum atomic E-state index is -0.0752. The van der Waals surface area contributed by atoms with Crippen LogP contribution in [0.1, 0.15) is 23.1 Å². The van der Waals surface area contributed by atoms with Gasteiger partial charge in [0.05, 0.1) is 15.5 Å². The first kappa shape index (κ1) is 20.5. The monoisotopic (exact) mass is 434 g/mol. The van der Waals surface area contributed by atoms with Crippen molar-refractivity contribution in [2.75, 3.05) is 11.1 Å². The molecule has 2 aromatic heterocycles. The smallest absolute Gasteiger partial charge is 0.234 e. The number of nitrogens with zero attached hydrogens (tertiary/aromatic N) is 3. The van der Waals surface area contributed by atoms with E-state index in [0.29, 0.717) is 5.03 Å². The normalized spacial score (nSPS) is 11.0. The van der Waals surface area contributed by atoms with Gasteiger partial charge in [-0.1, -0.05) is 60.6 Å². The van der Waals surface area contributed by atoms with E-state index in [2.05, 4.69) is 58.6 Å². The lowest BCUT2D eigenvalue weighted by Gasteiger charge is -2.07. The van der Waals surface area contributed by atoms with E-state index in [1.54, 1.807) is 11.3 Å². The van der Waals surface area contributed by atoms with E-state index in [-0.39, 0.29) is 11.7 Å². The number of fused-ring (bicyclic) bond motifs is 1. The van der Waals surface area contributed by atoms with Crippen molar-refractivity contribution in [2.45, 2.75) is 32.2 Å². The van der Waals surface area contributed by atoms with E-state index >= 15 is 0 Å². The molecule has 1 N–H and O–H groups in total. The van der Waals surface area contributed by atoms with E-state index < -0.39 is 0 Å². The summed E-state index contributed by atoms with van der Waals surface area (Å²) in [6, 6.07) is 16.2. The number of aromatic nitrogens is 3. The highest BCUT2D eigenvalue weighted by Crippen LogP contribution is 2.35. The van der Waals surface area contributed by atoms with Crippen LogP contribution in [-0.4, -0.2) is 26.8 Å². The lowest BCUT2D eigenvalue weighted by atomic mass is 10.1. The summed E-state index contributed by atoms with van der Waals surface area (Å²) in [4.78, 5) is 17.1. The zero-order chi connectivity index (χ0) is 21.1. The number of amides is 1. The number of carbonyl (C=O) groups excluding carboxylic acids is 1. The van der Waals surface area contributed by atoms with Crippen LogP contribution in [0, 0.1) is 13.8 Å². The fraction of sp³-hybridized carbons (Fsp3) is 0.217. The first-order chi connectivity index (χ1) is 14.5. The third-order valence-electron chi connectivity index (χ3n) is 4.70. The zero-order valence-corrected chi connectivity index (χ0v) is 18.7. The van der Waals surface area contributed by atoms with Crippen LogP contribution in [0.25, 0.3) is 21.5 Å². The number of hydrogen-bond acceptors (Lipinski definition) is 6. The summed E-state index contributed by atoms with van der Waals surface area (Å²) in [7, 11) is 0. The Hall–Kier alpha value is -2.77. The molecule has 4 aromatic rings. The predicted molar refractivity (Wildman–Crippen MR) is 125 cm³/mol. The fourth-order valence-corrected chi connectivity index (χ4v) is 4.79. The Bertz CT molecular complexity index is 1180. The molecule has 0 saturated heterocycles. The summed E-state index contributed by atoms with van der Waals surface area (Å²) < 4.78 is 1.00. The molecule has 0 aliphatic heterocycles. The Morgan fingerprint density at radius 2 is 1.77 bits per heavy atom. The summed E-state index contributed by atoms with van der Waals surface area (Å²) >= 11 is 2.97. The molecule has 0 radical (unpaired) electrons. The highest BCUT2D eigenvalue weighted by Gasteiger charge is 2.17. The lowest BCUT2D eigenvalue weighted by Crippen LogP contribution is -2.14. The maximum Gasteiger partial charge on any atom is 0.234 e. The van der Waals surface area contributed by atoms with Crippen molar-refractivity contribution in [3.63, 3.8) is 0 Å². The molecule has 1 amide bonds.